The van der Waals surface area contributed by atoms with E-state index in [-0.39, 0.29) is 25.2 Å². The van der Waals surface area contributed by atoms with Crippen LogP contribution in [0.15, 0.2) is 30.3 Å². The summed E-state index contributed by atoms with van der Waals surface area (Å²) in [7, 11) is 1.25. The average Bonchev–Trinajstić information content (AvgIpc) is 2.70. The summed E-state index contributed by atoms with van der Waals surface area (Å²) in [6.45, 7) is 3.81. The molecule has 0 aliphatic rings. The molecule has 3 amide bonds. The van der Waals surface area contributed by atoms with E-state index >= 15 is 0 Å². The van der Waals surface area contributed by atoms with Crippen LogP contribution in [0.4, 0.5) is 0 Å². The summed E-state index contributed by atoms with van der Waals surface area (Å²) < 4.78 is 4.82. The number of carbonyl (C=O) groups excluding carboxylic acids is 4. The lowest BCUT2D eigenvalue weighted by atomic mass is 10.0. The quantitative estimate of drug-likeness (QED) is 0.349. The predicted molar refractivity (Wildman–Crippen MR) is 112 cm³/mol. The fourth-order valence-corrected chi connectivity index (χ4v) is 2.87. The Kier molecular flexibility index (Phi) is 10.5. The molecule has 1 aromatic rings. The molecular weight excluding hydrogens is 388 g/mol. The highest BCUT2D eigenvalue weighted by molar-refractivity contribution is 5.92. The highest BCUT2D eigenvalue weighted by atomic mass is 16.5. The molecule has 0 bridgehead atoms. The SMILES string of the molecule is COC(=O)[C@H](Cc1ccccc1)NC(=O)[C@H](CC(C)C)NC(=O)[C@@H](N)CCC(N)=O. The molecule has 1 aromatic carbocycles. The molecule has 1 rings (SSSR count). The van der Waals surface area contributed by atoms with Crippen molar-refractivity contribution in [3.8, 4) is 0 Å². The van der Waals surface area contributed by atoms with E-state index in [2.05, 4.69) is 10.6 Å². The predicted octanol–water partition coefficient (Wildman–Crippen LogP) is 0.0106. The molecule has 0 aliphatic heterocycles. The van der Waals surface area contributed by atoms with Gasteiger partial charge >= 0.3 is 5.97 Å². The molecule has 0 saturated carbocycles. The van der Waals surface area contributed by atoms with E-state index in [1.54, 1.807) is 0 Å². The van der Waals surface area contributed by atoms with E-state index in [1.165, 1.54) is 7.11 Å². The Morgan fingerprint density at radius 3 is 2.13 bits per heavy atom. The second-order valence-corrected chi connectivity index (χ2v) is 7.58. The Labute approximate surface area is 176 Å². The largest absolute Gasteiger partial charge is 0.467 e. The molecule has 3 atom stereocenters. The van der Waals surface area contributed by atoms with Gasteiger partial charge < -0.3 is 26.8 Å². The third kappa shape index (κ3) is 9.04. The van der Waals surface area contributed by atoms with Crippen molar-refractivity contribution in [2.45, 2.75) is 57.7 Å². The van der Waals surface area contributed by atoms with E-state index in [0.717, 1.165) is 5.56 Å². The number of nitrogens with one attached hydrogen (secondary N) is 2. The summed E-state index contributed by atoms with van der Waals surface area (Å²) in [6, 6.07) is 6.44. The molecule has 9 nitrogen and oxygen atoms in total. The second kappa shape index (κ2) is 12.6. The molecule has 0 heterocycles. The smallest absolute Gasteiger partial charge is 0.328 e. The van der Waals surface area contributed by atoms with E-state index in [4.69, 9.17) is 16.2 Å². The first-order valence-corrected chi connectivity index (χ1v) is 9.90. The van der Waals surface area contributed by atoms with E-state index in [1.807, 2.05) is 44.2 Å². The molecule has 0 aliphatic carbocycles. The van der Waals surface area contributed by atoms with Crippen LogP contribution in [0, 0.1) is 5.92 Å². The molecule has 0 saturated heterocycles. The number of hydrogen-bond acceptors (Lipinski definition) is 6. The minimum absolute atomic E-state index is 0.0306. The van der Waals surface area contributed by atoms with Gasteiger partial charge in [-0.15, -0.1) is 0 Å². The second-order valence-electron chi connectivity index (χ2n) is 7.58. The normalized spacial score (nSPS) is 13.8. The Hall–Kier alpha value is -2.94. The van der Waals surface area contributed by atoms with E-state index in [9.17, 15) is 19.2 Å². The van der Waals surface area contributed by atoms with Gasteiger partial charge in [0.2, 0.25) is 17.7 Å². The lowest BCUT2D eigenvalue weighted by Crippen LogP contribution is -2.55. The number of primary amides is 1. The molecule has 0 radical (unpaired) electrons. The molecule has 6 N–H and O–H groups in total. The van der Waals surface area contributed by atoms with Crippen LogP contribution in [0.2, 0.25) is 0 Å². The van der Waals surface area contributed by atoms with E-state index in [0.29, 0.717) is 6.42 Å². The molecule has 9 heteroatoms. The first-order chi connectivity index (χ1) is 14.1. The van der Waals surface area contributed by atoms with Crippen molar-refractivity contribution in [2.75, 3.05) is 7.11 Å². The Balaban J connectivity index is 2.86. The van der Waals surface area contributed by atoms with Crippen LogP contribution in [0.3, 0.4) is 0 Å². The Bertz CT molecular complexity index is 723. The zero-order valence-corrected chi connectivity index (χ0v) is 17.7. The average molecular weight is 421 g/mol. The number of methoxy groups -OCH3 is 1. The van der Waals surface area contributed by atoms with Crippen LogP contribution in [0.25, 0.3) is 0 Å². The number of hydrogen-bond donors (Lipinski definition) is 4. The number of benzene rings is 1. The van der Waals surface area contributed by atoms with Gasteiger partial charge in [-0.3, -0.25) is 14.4 Å². The van der Waals surface area contributed by atoms with Gasteiger partial charge in [0.25, 0.3) is 0 Å². The number of amides is 3. The molecular formula is C21H32N4O5. The van der Waals surface area contributed by atoms with Crippen LogP contribution >= 0.6 is 0 Å². The number of ether oxygens (including phenoxy) is 1. The van der Waals surface area contributed by atoms with Crippen molar-refractivity contribution in [1.82, 2.24) is 10.6 Å². The van der Waals surface area contributed by atoms with Crippen molar-refractivity contribution in [3.63, 3.8) is 0 Å². The fourth-order valence-electron chi connectivity index (χ4n) is 2.87. The van der Waals surface area contributed by atoms with Crippen molar-refractivity contribution in [1.29, 1.82) is 0 Å². The highest BCUT2D eigenvalue weighted by Crippen LogP contribution is 2.09. The standard InChI is InChI=1S/C21H32N4O5/c1-13(2)11-16(24-19(27)15(22)9-10-18(23)26)20(28)25-17(21(29)30-3)12-14-7-5-4-6-8-14/h4-8,13,15-17H,9-12,22H2,1-3H3,(H2,23,26)(H,24,27)(H,25,28)/t15-,16-,17-/m0/s1. The molecule has 30 heavy (non-hydrogen) atoms. The zero-order chi connectivity index (χ0) is 22.7. The molecule has 0 spiro atoms. The van der Waals surface area contributed by atoms with E-state index < -0.39 is 41.8 Å². The fraction of sp³-hybridized carbons (Fsp3) is 0.524. The lowest BCUT2D eigenvalue weighted by molar-refractivity contribution is -0.145. The van der Waals surface area contributed by atoms with Gasteiger partial charge in [0.15, 0.2) is 0 Å². The third-order valence-corrected chi connectivity index (χ3v) is 4.46. The molecule has 0 fully saturated rings. The highest BCUT2D eigenvalue weighted by Gasteiger charge is 2.29. The molecule has 166 valence electrons. The van der Waals surface area contributed by atoms with Gasteiger partial charge in [-0.2, -0.15) is 0 Å². The number of rotatable bonds is 12. The number of esters is 1. The Morgan fingerprint density at radius 1 is 1.00 bits per heavy atom. The van der Waals surface area contributed by atoms with Gasteiger partial charge in [0, 0.05) is 12.8 Å². The summed E-state index contributed by atoms with van der Waals surface area (Å²) >= 11 is 0. The first kappa shape index (κ1) is 25.1. The van der Waals surface area contributed by atoms with Gasteiger partial charge in [-0.05, 0) is 24.3 Å². The summed E-state index contributed by atoms with van der Waals surface area (Å²) in [5.41, 5.74) is 11.7. The maximum atomic E-state index is 12.9. The maximum absolute atomic E-state index is 12.9. The minimum Gasteiger partial charge on any atom is -0.467 e. The topological polar surface area (TPSA) is 154 Å². The van der Waals surface area contributed by atoms with Crippen LogP contribution in [0.5, 0.6) is 0 Å². The Morgan fingerprint density at radius 2 is 1.60 bits per heavy atom. The van der Waals surface area contributed by atoms with Crippen LogP contribution in [-0.2, 0) is 30.3 Å². The van der Waals surface area contributed by atoms with Crippen LogP contribution in [0.1, 0.15) is 38.7 Å². The first-order valence-electron chi connectivity index (χ1n) is 9.90. The molecule has 0 unspecified atom stereocenters. The van der Waals surface area contributed by atoms with Crippen LogP contribution < -0.4 is 22.1 Å². The third-order valence-electron chi connectivity index (χ3n) is 4.46. The monoisotopic (exact) mass is 420 g/mol. The lowest BCUT2D eigenvalue weighted by Gasteiger charge is -2.24. The van der Waals surface area contributed by atoms with Gasteiger partial charge in [-0.25, -0.2) is 4.79 Å². The van der Waals surface area contributed by atoms with Crippen molar-refractivity contribution >= 4 is 23.7 Å². The van der Waals surface area contributed by atoms with Gasteiger partial charge in [-0.1, -0.05) is 44.2 Å². The van der Waals surface area contributed by atoms with Gasteiger partial charge in [0.1, 0.15) is 12.1 Å². The maximum Gasteiger partial charge on any atom is 0.328 e. The summed E-state index contributed by atoms with van der Waals surface area (Å²) in [5.74, 6) is -2.12. The number of nitrogens with two attached hydrogens (primary N) is 2. The van der Waals surface area contributed by atoms with Gasteiger partial charge in [0.05, 0.1) is 13.2 Å². The zero-order valence-electron chi connectivity index (χ0n) is 17.7. The van der Waals surface area contributed by atoms with Crippen LogP contribution in [-0.4, -0.2) is 48.9 Å². The summed E-state index contributed by atoms with van der Waals surface area (Å²) in [6.07, 6.45) is 0.645. The van der Waals surface area contributed by atoms with Crippen molar-refractivity contribution in [2.24, 2.45) is 17.4 Å². The summed E-state index contributed by atoms with van der Waals surface area (Å²) in [5, 5.41) is 5.29. The van der Waals surface area contributed by atoms with Crippen molar-refractivity contribution in [3.05, 3.63) is 35.9 Å². The van der Waals surface area contributed by atoms with Crippen molar-refractivity contribution < 1.29 is 23.9 Å². The number of carbonyl (C=O) groups is 4. The molecule has 0 aromatic heterocycles. The minimum atomic E-state index is -0.972. The summed E-state index contributed by atoms with van der Waals surface area (Å²) in [4.78, 5) is 48.3.